The molecule has 1 aliphatic rings. The molecule has 2 aromatic rings. The predicted octanol–water partition coefficient (Wildman–Crippen LogP) is 2.79. The van der Waals surface area contributed by atoms with Gasteiger partial charge in [-0.15, -0.1) is 0 Å². The number of aliphatic carboxylic acids is 1. The van der Waals surface area contributed by atoms with E-state index in [-0.39, 0.29) is 12.5 Å². The van der Waals surface area contributed by atoms with Crippen molar-refractivity contribution in [3.8, 4) is 0 Å². The SMILES string of the molecule is O=C(O)CN1CCCC(Cc2ccccc2)(N=Cc2ccccc2)C1=O. The zero-order valence-electron chi connectivity index (χ0n) is 14.5. The Kier molecular flexibility index (Phi) is 5.46. The highest BCUT2D eigenvalue weighted by Gasteiger charge is 2.44. The van der Waals surface area contributed by atoms with Gasteiger partial charge in [0.2, 0.25) is 0 Å². The molecule has 0 bridgehead atoms. The second-order valence-electron chi connectivity index (χ2n) is 6.59. The monoisotopic (exact) mass is 350 g/mol. The molecular formula is C21H22N2O3. The fourth-order valence-corrected chi connectivity index (χ4v) is 3.38. The maximum Gasteiger partial charge on any atom is 0.323 e. The quantitative estimate of drug-likeness (QED) is 0.815. The first-order valence-electron chi connectivity index (χ1n) is 8.74. The van der Waals surface area contributed by atoms with Gasteiger partial charge in [-0.25, -0.2) is 0 Å². The molecule has 2 aromatic carbocycles. The van der Waals surface area contributed by atoms with Crippen LogP contribution in [0.25, 0.3) is 0 Å². The standard InChI is InChI=1S/C21H22N2O3/c24-19(25)16-23-13-7-12-21(20(23)26,14-17-8-3-1-4-9-17)22-15-18-10-5-2-6-11-18/h1-6,8-11,15H,7,12-14,16H2,(H,24,25). The highest BCUT2D eigenvalue weighted by Crippen LogP contribution is 2.30. The molecule has 0 spiro atoms. The average Bonchev–Trinajstić information content (AvgIpc) is 2.65. The van der Waals surface area contributed by atoms with Crippen molar-refractivity contribution in [3.05, 3.63) is 71.8 Å². The molecule has 1 atom stereocenters. The molecule has 0 saturated carbocycles. The molecule has 1 aliphatic heterocycles. The van der Waals surface area contributed by atoms with Crippen molar-refractivity contribution in [2.75, 3.05) is 13.1 Å². The highest BCUT2D eigenvalue weighted by molar-refractivity contribution is 5.92. The minimum atomic E-state index is -0.999. The predicted molar refractivity (Wildman–Crippen MR) is 100 cm³/mol. The Morgan fingerprint density at radius 3 is 2.42 bits per heavy atom. The normalized spacial score (nSPS) is 20.5. The van der Waals surface area contributed by atoms with E-state index in [1.165, 1.54) is 4.90 Å². The molecule has 26 heavy (non-hydrogen) atoms. The van der Waals surface area contributed by atoms with E-state index in [4.69, 9.17) is 10.1 Å². The van der Waals surface area contributed by atoms with E-state index in [0.29, 0.717) is 19.4 Å². The summed E-state index contributed by atoms with van der Waals surface area (Å²) in [6.45, 7) is 0.179. The number of hydrogen-bond acceptors (Lipinski definition) is 3. The third-order valence-corrected chi connectivity index (χ3v) is 4.63. The van der Waals surface area contributed by atoms with Gasteiger partial charge in [0.1, 0.15) is 12.1 Å². The number of aliphatic imine (C=N–C) groups is 1. The number of hydrogen-bond donors (Lipinski definition) is 1. The molecule has 0 aliphatic carbocycles. The number of rotatable bonds is 6. The van der Waals surface area contributed by atoms with Crippen LogP contribution in [-0.4, -0.2) is 46.7 Å². The topological polar surface area (TPSA) is 70.0 Å². The molecule has 5 nitrogen and oxygen atoms in total. The van der Waals surface area contributed by atoms with Gasteiger partial charge >= 0.3 is 5.97 Å². The van der Waals surface area contributed by atoms with Crippen molar-refractivity contribution in [1.29, 1.82) is 0 Å². The van der Waals surface area contributed by atoms with Gasteiger partial charge in [0.05, 0.1) is 0 Å². The van der Waals surface area contributed by atoms with E-state index in [2.05, 4.69) is 0 Å². The van der Waals surface area contributed by atoms with Gasteiger partial charge in [-0.3, -0.25) is 14.6 Å². The van der Waals surface area contributed by atoms with Gasteiger partial charge in [-0.2, -0.15) is 0 Å². The zero-order chi connectivity index (χ0) is 18.4. The van der Waals surface area contributed by atoms with Gasteiger partial charge in [0.25, 0.3) is 5.91 Å². The lowest BCUT2D eigenvalue weighted by molar-refractivity contribution is -0.149. The maximum atomic E-state index is 13.2. The molecule has 1 amide bonds. The zero-order valence-corrected chi connectivity index (χ0v) is 14.5. The minimum Gasteiger partial charge on any atom is -0.480 e. The summed E-state index contributed by atoms with van der Waals surface area (Å²) in [5, 5.41) is 9.12. The highest BCUT2D eigenvalue weighted by atomic mass is 16.4. The van der Waals surface area contributed by atoms with Crippen molar-refractivity contribution in [2.24, 2.45) is 4.99 Å². The fraction of sp³-hybridized carbons (Fsp3) is 0.286. The maximum absolute atomic E-state index is 13.2. The van der Waals surface area contributed by atoms with E-state index in [1.54, 1.807) is 6.21 Å². The summed E-state index contributed by atoms with van der Waals surface area (Å²) >= 11 is 0. The number of amides is 1. The third kappa shape index (κ3) is 4.17. The molecule has 1 unspecified atom stereocenters. The van der Waals surface area contributed by atoms with Crippen LogP contribution in [0.5, 0.6) is 0 Å². The van der Waals surface area contributed by atoms with Crippen molar-refractivity contribution < 1.29 is 14.7 Å². The van der Waals surface area contributed by atoms with E-state index in [9.17, 15) is 9.59 Å². The van der Waals surface area contributed by atoms with Crippen LogP contribution in [0.1, 0.15) is 24.0 Å². The summed E-state index contributed by atoms with van der Waals surface area (Å²) in [5.74, 6) is -1.21. The summed E-state index contributed by atoms with van der Waals surface area (Å²) in [4.78, 5) is 30.4. The van der Waals surface area contributed by atoms with Gasteiger partial charge < -0.3 is 10.0 Å². The van der Waals surface area contributed by atoms with Crippen LogP contribution in [0, 0.1) is 0 Å². The summed E-state index contributed by atoms with van der Waals surface area (Å²) in [6.07, 6.45) is 3.54. The third-order valence-electron chi connectivity index (χ3n) is 4.63. The Labute approximate surface area is 153 Å². The summed E-state index contributed by atoms with van der Waals surface area (Å²) in [7, 11) is 0. The Morgan fingerprint density at radius 1 is 1.12 bits per heavy atom. The Balaban J connectivity index is 1.94. The first kappa shape index (κ1) is 17.9. The molecule has 134 valence electrons. The number of benzene rings is 2. The van der Waals surface area contributed by atoms with Crippen molar-refractivity contribution in [2.45, 2.75) is 24.8 Å². The second-order valence-corrected chi connectivity index (χ2v) is 6.59. The number of nitrogens with zero attached hydrogens (tertiary/aromatic N) is 2. The minimum absolute atomic E-state index is 0.206. The number of carbonyl (C=O) groups excluding carboxylic acids is 1. The van der Waals surface area contributed by atoms with Gasteiger partial charge in [-0.05, 0) is 24.0 Å². The molecule has 1 fully saturated rings. The van der Waals surface area contributed by atoms with Crippen molar-refractivity contribution in [3.63, 3.8) is 0 Å². The van der Waals surface area contributed by atoms with Crippen LogP contribution in [0.2, 0.25) is 0 Å². The average molecular weight is 350 g/mol. The van der Waals surface area contributed by atoms with Crippen LogP contribution in [0.3, 0.4) is 0 Å². The molecule has 1 N–H and O–H groups in total. The van der Waals surface area contributed by atoms with Gasteiger partial charge in [0.15, 0.2) is 0 Å². The van der Waals surface area contributed by atoms with E-state index in [0.717, 1.165) is 17.5 Å². The van der Waals surface area contributed by atoms with Crippen LogP contribution in [-0.2, 0) is 16.0 Å². The number of carbonyl (C=O) groups is 2. The molecule has 0 radical (unpaired) electrons. The lowest BCUT2D eigenvalue weighted by Gasteiger charge is -2.38. The summed E-state index contributed by atoms with van der Waals surface area (Å²) in [6, 6.07) is 19.4. The second kappa shape index (κ2) is 7.95. The molecule has 0 aromatic heterocycles. The van der Waals surface area contributed by atoms with Crippen LogP contribution in [0.15, 0.2) is 65.7 Å². The molecule has 1 saturated heterocycles. The summed E-state index contributed by atoms with van der Waals surface area (Å²) < 4.78 is 0. The van der Waals surface area contributed by atoms with Gasteiger partial charge in [0, 0.05) is 19.2 Å². The largest absolute Gasteiger partial charge is 0.480 e. The molecule has 5 heteroatoms. The Bertz CT molecular complexity index is 789. The van der Waals surface area contributed by atoms with Crippen molar-refractivity contribution in [1.82, 2.24) is 4.90 Å². The number of carboxylic acid groups (broad SMARTS) is 1. The molecular weight excluding hydrogens is 328 g/mol. The lowest BCUT2D eigenvalue weighted by Crippen LogP contribution is -2.54. The Hall–Kier alpha value is -2.95. The number of likely N-dealkylation sites (tertiary alicyclic amines) is 1. The number of carboxylic acids is 1. The molecule has 3 rings (SSSR count). The van der Waals surface area contributed by atoms with Crippen LogP contribution in [0.4, 0.5) is 0 Å². The number of piperidine rings is 1. The van der Waals surface area contributed by atoms with E-state index < -0.39 is 11.5 Å². The van der Waals surface area contributed by atoms with Gasteiger partial charge in [-0.1, -0.05) is 60.7 Å². The Morgan fingerprint density at radius 2 is 1.77 bits per heavy atom. The first-order valence-corrected chi connectivity index (χ1v) is 8.74. The fourth-order valence-electron chi connectivity index (χ4n) is 3.38. The molecule has 1 heterocycles. The van der Waals surface area contributed by atoms with Crippen LogP contribution >= 0.6 is 0 Å². The lowest BCUT2D eigenvalue weighted by atomic mass is 9.82. The first-order chi connectivity index (χ1) is 12.6. The van der Waals surface area contributed by atoms with Crippen LogP contribution < -0.4 is 0 Å². The van der Waals surface area contributed by atoms with E-state index >= 15 is 0 Å². The summed E-state index contributed by atoms with van der Waals surface area (Å²) in [5.41, 5.74) is 0.983. The smallest absolute Gasteiger partial charge is 0.323 e. The van der Waals surface area contributed by atoms with Crippen molar-refractivity contribution >= 4 is 18.1 Å². The van der Waals surface area contributed by atoms with E-state index in [1.807, 2.05) is 60.7 Å².